The standard InChI is InChI=1S/C13H20O3.C7H10O.C6H11O2.BrH.Mg/c1-10-3-4-11(9-12(10)14)5-6-13-15-7-2-8-16-13;1-6-4-2-3-5-7(6)8;1-2-6-7-4-3-5-8-6;;/h9-10,13H,2-8H2,1H3;3,5-6H,2,4H2,1H3;6H,1-5H2;1H;/q;;-1;;+2/p-1/t10-;6-;;;/m11.../s1. The molecule has 4 aliphatic rings. The second-order valence-electron chi connectivity index (χ2n) is 8.80. The molecule has 0 aromatic carbocycles. The van der Waals surface area contributed by atoms with Gasteiger partial charge in [0, 0.05) is 18.3 Å². The first kappa shape index (κ1) is 33.9. The Balaban J connectivity index is 0.000000515. The Bertz CT molecular complexity index is 627. The fourth-order valence-corrected chi connectivity index (χ4v) is 3.72. The zero-order valence-corrected chi connectivity index (χ0v) is 24.0. The molecule has 4 rings (SSSR count). The second kappa shape index (κ2) is 20.0. The van der Waals surface area contributed by atoms with Crippen LogP contribution in [0.25, 0.3) is 0 Å². The number of rotatable bonds is 4. The van der Waals surface area contributed by atoms with Crippen molar-refractivity contribution in [3.8, 4) is 0 Å². The van der Waals surface area contributed by atoms with Crippen molar-refractivity contribution in [3.05, 3.63) is 30.7 Å². The van der Waals surface area contributed by atoms with Gasteiger partial charge in [0.2, 0.25) is 0 Å². The second-order valence-corrected chi connectivity index (χ2v) is 8.80. The molecule has 0 radical (unpaired) electrons. The van der Waals surface area contributed by atoms with Gasteiger partial charge in [-0.3, -0.25) is 9.59 Å². The first-order chi connectivity index (χ1) is 15.5. The predicted molar refractivity (Wildman–Crippen MR) is 130 cm³/mol. The quantitative estimate of drug-likeness (QED) is 0.389. The predicted octanol–water partition coefficient (Wildman–Crippen LogP) is 1.59. The Morgan fingerprint density at radius 2 is 1.44 bits per heavy atom. The molecular formula is C26H41BrMgO6. The third-order valence-electron chi connectivity index (χ3n) is 5.99. The maximum absolute atomic E-state index is 11.5. The summed E-state index contributed by atoms with van der Waals surface area (Å²) in [6.07, 6.45) is 14.1. The number of ether oxygens (including phenoxy) is 4. The fourth-order valence-electron chi connectivity index (χ4n) is 3.72. The van der Waals surface area contributed by atoms with E-state index in [1.807, 2.05) is 26.0 Å². The third kappa shape index (κ3) is 13.9. The van der Waals surface area contributed by atoms with Gasteiger partial charge in [0.15, 0.2) is 17.9 Å². The normalized spacial score (nSPS) is 25.4. The Morgan fingerprint density at radius 3 is 1.88 bits per heavy atom. The van der Waals surface area contributed by atoms with Gasteiger partial charge in [0.25, 0.3) is 0 Å². The van der Waals surface area contributed by atoms with Gasteiger partial charge in [-0.25, -0.2) is 0 Å². The van der Waals surface area contributed by atoms with E-state index >= 15 is 0 Å². The molecule has 34 heavy (non-hydrogen) atoms. The molecule has 8 heteroatoms. The van der Waals surface area contributed by atoms with Crippen molar-refractivity contribution >= 4 is 34.6 Å². The number of hydrogen-bond donors (Lipinski definition) is 0. The summed E-state index contributed by atoms with van der Waals surface area (Å²) < 4.78 is 21.2. The molecule has 2 fully saturated rings. The topological polar surface area (TPSA) is 71.1 Å². The van der Waals surface area contributed by atoms with E-state index in [0.717, 1.165) is 84.2 Å². The van der Waals surface area contributed by atoms with Crippen LogP contribution in [0, 0.1) is 18.8 Å². The largest absolute Gasteiger partial charge is 2.00 e. The third-order valence-corrected chi connectivity index (χ3v) is 5.99. The molecule has 0 unspecified atom stereocenters. The first-order valence-electron chi connectivity index (χ1n) is 12.2. The van der Waals surface area contributed by atoms with Gasteiger partial charge in [-0.05, 0) is 57.1 Å². The van der Waals surface area contributed by atoms with E-state index in [1.165, 1.54) is 5.57 Å². The number of ketones is 2. The van der Waals surface area contributed by atoms with Gasteiger partial charge >= 0.3 is 23.1 Å². The molecule has 0 N–H and O–H groups in total. The van der Waals surface area contributed by atoms with Crippen molar-refractivity contribution in [1.82, 2.24) is 0 Å². The summed E-state index contributed by atoms with van der Waals surface area (Å²) >= 11 is 0. The molecule has 2 saturated heterocycles. The van der Waals surface area contributed by atoms with Gasteiger partial charge in [0.05, 0.1) is 26.4 Å². The summed E-state index contributed by atoms with van der Waals surface area (Å²) in [5, 5.41) is 0. The molecule has 0 saturated carbocycles. The van der Waals surface area contributed by atoms with Crippen LogP contribution >= 0.6 is 0 Å². The SMILES string of the molecule is C[C@@H]1CCC(CCC2OCCCO2)=CC1=O.C[C@@H]1CCC=CC1=O.[Br-].[CH2-]CC1OCCCO1.[Mg+2]. The van der Waals surface area contributed by atoms with E-state index in [-0.39, 0.29) is 76.0 Å². The van der Waals surface area contributed by atoms with Crippen LogP contribution in [0.4, 0.5) is 0 Å². The molecule has 0 spiro atoms. The van der Waals surface area contributed by atoms with Gasteiger partial charge < -0.3 is 42.9 Å². The number of allylic oxidation sites excluding steroid dienone is 4. The number of carbonyl (C=O) groups excluding carboxylic acids is 2. The fraction of sp³-hybridized carbons (Fsp3) is 0.731. The zero-order valence-electron chi connectivity index (χ0n) is 21.0. The van der Waals surface area contributed by atoms with Crippen molar-refractivity contribution in [3.63, 3.8) is 0 Å². The number of halogens is 1. The molecular weight excluding hydrogens is 512 g/mol. The van der Waals surface area contributed by atoms with Crippen LogP contribution in [0.3, 0.4) is 0 Å². The van der Waals surface area contributed by atoms with Crippen molar-refractivity contribution in [1.29, 1.82) is 0 Å². The van der Waals surface area contributed by atoms with E-state index in [9.17, 15) is 9.59 Å². The van der Waals surface area contributed by atoms with Gasteiger partial charge in [-0.15, -0.1) is 6.42 Å². The monoisotopic (exact) mass is 552 g/mol. The van der Waals surface area contributed by atoms with Crippen LogP contribution in [-0.2, 0) is 28.5 Å². The van der Waals surface area contributed by atoms with Crippen LogP contribution in [-0.4, -0.2) is 73.6 Å². The summed E-state index contributed by atoms with van der Waals surface area (Å²) in [6, 6.07) is 0. The van der Waals surface area contributed by atoms with Crippen LogP contribution in [0.1, 0.15) is 71.6 Å². The molecule has 2 aliphatic carbocycles. The molecule has 2 aliphatic heterocycles. The Labute approximate surface area is 232 Å². The average Bonchev–Trinajstić information content (AvgIpc) is 2.84. The summed E-state index contributed by atoms with van der Waals surface area (Å²) in [4.78, 5) is 22.2. The number of carbonyl (C=O) groups is 2. The molecule has 0 aromatic heterocycles. The zero-order chi connectivity index (χ0) is 23.2. The van der Waals surface area contributed by atoms with Gasteiger partial charge in [-0.2, -0.15) is 0 Å². The van der Waals surface area contributed by atoms with Crippen molar-refractivity contribution in [2.75, 3.05) is 26.4 Å². The summed E-state index contributed by atoms with van der Waals surface area (Å²) in [5.74, 6) is 1.06. The molecule has 2 atom stereocenters. The maximum Gasteiger partial charge on any atom is 2.00 e. The molecule has 190 valence electrons. The first-order valence-corrected chi connectivity index (χ1v) is 12.2. The van der Waals surface area contributed by atoms with E-state index < -0.39 is 0 Å². The minimum absolute atomic E-state index is 0. The van der Waals surface area contributed by atoms with E-state index in [0.29, 0.717) is 0 Å². The Kier molecular flexibility index (Phi) is 20.0. The van der Waals surface area contributed by atoms with Crippen molar-refractivity contribution < 1.29 is 45.5 Å². The minimum Gasteiger partial charge on any atom is -1.00 e. The summed E-state index contributed by atoms with van der Waals surface area (Å²) in [7, 11) is 0. The van der Waals surface area contributed by atoms with Crippen molar-refractivity contribution in [2.45, 2.75) is 84.2 Å². The van der Waals surface area contributed by atoms with E-state index in [1.54, 1.807) is 6.08 Å². The molecule has 0 amide bonds. The van der Waals surface area contributed by atoms with Gasteiger partial charge in [0.1, 0.15) is 6.29 Å². The number of hydrogen-bond acceptors (Lipinski definition) is 6. The molecule has 6 nitrogen and oxygen atoms in total. The average molecular weight is 554 g/mol. The smallest absolute Gasteiger partial charge is 1.00 e. The van der Waals surface area contributed by atoms with Crippen LogP contribution in [0.2, 0.25) is 0 Å². The van der Waals surface area contributed by atoms with Crippen LogP contribution in [0.15, 0.2) is 23.8 Å². The van der Waals surface area contributed by atoms with Crippen LogP contribution in [0.5, 0.6) is 0 Å². The Morgan fingerprint density at radius 1 is 0.882 bits per heavy atom. The van der Waals surface area contributed by atoms with Crippen LogP contribution < -0.4 is 17.0 Å². The molecule has 0 bridgehead atoms. The van der Waals surface area contributed by atoms with E-state index in [4.69, 9.17) is 18.9 Å². The minimum atomic E-state index is -0.0518. The summed E-state index contributed by atoms with van der Waals surface area (Å²) in [5.41, 5.74) is 1.26. The summed E-state index contributed by atoms with van der Waals surface area (Å²) in [6.45, 7) is 10.9. The van der Waals surface area contributed by atoms with Crippen molar-refractivity contribution in [2.24, 2.45) is 11.8 Å². The Hall–Kier alpha value is -0.0938. The van der Waals surface area contributed by atoms with Gasteiger partial charge in [-0.1, -0.05) is 25.5 Å². The van der Waals surface area contributed by atoms with E-state index in [2.05, 4.69) is 6.92 Å². The molecule has 2 heterocycles. The maximum atomic E-state index is 11.5. The molecule has 0 aromatic rings.